The molecule has 2 aromatic rings. The van der Waals surface area contributed by atoms with Crippen LogP contribution >= 0.6 is 38.6 Å². The number of hydrogen-bond donors (Lipinski definition) is 0. The molecule has 0 radical (unpaired) electrons. The van der Waals surface area contributed by atoms with Crippen LogP contribution in [-0.2, 0) is 0 Å². The fourth-order valence-electron chi connectivity index (χ4n) is 1.08. The topological polar surface area (TPSA) is 0 Å². The molecule has 0 atom stereocenters. The van der Waals surface area contributed by atoms with Crippen molar-refractivity contribution in [1.82, 2.24) is 0 Å². The third-order valence-electron chi connectivity index (χ3n) is 1.80. The summed E-state index contributed by atoms with van der Waals surface area (Å²) in [5.41, 5.74) is 1.45. The predicted molar refractivity (Wildman–Crippen MR) is 56.9 cm³/mol. The lowest BCUT2D eigenvalue weighted by Gasteiger charge is -1.84. The van der Waals surface area contributed by atoms with Gasteiger partial charge < -0.3 is 0 Å². The molecule has 0 spiro atoms. The van der Waals surface area contributed by atoms with Crippen LogP contribution in [0.4, 0.5) is 0 Å². The summed E-state index contributed by atoms with van der Waals surface area (Å²) in [4.78, 5) is 1.44. The van der Waals surface area contributed by atoms with E-state index in [-0.39, 0.29) is 0 Å². The Morgan fingerprint density at radius 1 is 1.27 bits per heavy atom. The molecular weight excluding hydrogens is 240 g/mol. The van der Waals surface area contributed by atoms with Crippen molar-refractivity contribution in [2.24, 2.45) is 0 Å². The van der Waals surface area contributed by atoms with E-state index in [1.165, 1.54) is 23.6 Å². The van der Waals surface area contributed by atoms with Crippen LogP contribution in [0.15, 0.2) is 9.85 Å². The Balaban J connectivity index is 2.88. The molecule has 0 bridgehead atoms. The average Bonchev–Trinajstić information content (AvgIpc) is 2.37. The summed E-state index contributed by atoms with van der Waals surface area (Å²) in [7, 11) is 0. The van der Waals surface area contributed by atoms with Crippen molar-refractivity contribution in [3.8, 4) is 0 Å². The van der Waals surface area contributed by atoms with E-state index in [0.29, 0.717) is 0 Å². The van der Waals surface area contributed by atoms with Crippen LogP contribution in [0.2, 0.25) is 0 Å². The summed E-state index contributed by atoms with van der Waals surface area (Å²) in [5, 5.41) is 0. The Hall–Kier alpha value is 0.140. The van der Waals surface area contributed by atoms with Crippen LogP contribution in [-0.4, -0.2) is 0 Å². The van der Waals surface area contributed by atoms with Crippen molar-refractivity contribution >= 4 is 48.0 Å². The first kappa shape index (κ1) is 7.77. The van der Waals surface area contributed by atoms with E-state index >= 15 is 0 Å². The van der Waals surface area contributed by atoms with Crippen molar-refractivity contribution in [3.05, 3.63) is 20.3 Å². The number of rotatable bonds is 0. The first-order chi connectivity index (χ1) is 5.18. The molecule has 0 aliphatic carbocycles. The van der Waals surface area contributed by atoms with Gasteiger partial charge in [-0.15, -0.1) is 22.7 Å². The maximum absolute atomic E-state index is 3.49. The third kappa shape index (κ3) is 1.15. The van der Waals surface area contributed by atoms with E-state index in [9.17, 15) is 0 Å². The molecule has 0 saturated carbocycles. The van der Waals surface area contributed by atoms with Gasteiger partial charge in [0.2, 0.25) is 0 Å². The molecular formula is C8H7BrS2. The second kappa shape index (κ2) is 2.57. The largest absolute Gasteiger partial charge is 0.139 e. The van der Waals surface area contributed by atoms with Crippen molar-refractivity contribution in [2.45, 2.75) is 13.8 Å². The van der Waals surface area contributed by atoms with E-state index in [2.05, 4.69) is 35.8 Å². The second-order valence-corrected chi connectivity index (χ2v) is 6.21. The number of aryl methyl sites for hydroxylation is 2. The van der Waals surface area contributed by atoms with Crippen LogP contribution in [0.5, 0.6) is 0 Å². The monoisotopic (exact) mass is 246 g/mol. The SMILES string of the molecule is Cc1sc2cc(Br)sc2c1C. The van der Waals surface area contributed by atoms with Crippen molar-refractivity contribution in [1.29, 1.82) is 0 Å². The molecule has 3 heteroatoms. The van der Waals surface area contributed by atoms with Crippen LogP contribution in [0.25, 0.3) is 9.40 Å². The first-order valence-corrected chi connectivity index (χ1v) is 5.76. The van der Waals surface area contributed by atoms with E-state index < -0.39 is 0 Å². The van der Waals surface area contributed by atoms with Crippen LogP contribution < -0.4 is 0 Å². The minimum Gasteiger partial charge on any atom is -0.139 e. The quantitative estimate of drug-likeness (QED) is 0.649. The van der Waals surface area contributed by atoms with Crippen molar-refractivity contribution in [2.75, 3.05) is 0 Å². The highest BCUT2D eigenvalue weighted by Crippen LogP contribution is 2.38. The lowest BCUT2D eigenvalue weighted by atomic mass is 10.3. The van der Waals surface area contributed by atoms with Crippen LogP contribution in [0.3, 0.4) is 0 Å². The standard InChI is InChI=1S/C8H7BrS2/c1-4-5(2)10-6-3-7(9)11-8(4)6/h3H,1-2H3. The van der Waals surface area contributed by atoms with Gasteiger partial charge in [0, 0.05) is 14.3 Å². The predicted octanol–water partition coefficient (Wildman–Crippen LogP) is 4.34. The van der Waals surface area contributed by atoms with E-state index in [1.54, 1.807) is 0 Å². The zero-order chi connectivity index (χ0) is 8.01. The van der Waals surface area contributed by atoms with Crippen LogP contribution in [0.1, 0.15) is 10.4 Å². The minimum atomic E-state index is 1.24. The van der Waals surface area contributed by atoms with Gasteiger partial charge in [0.1, 0.15) is 0 Å². The molecule has 2 rings (SSSR count). The van der Waals surface area contributed by atoms with Gasteiger partial charge in [-0.25, -0.2) is 0 Å². The summed E-state index contributed by atoms with van der Waals surface area (Å²) >= 11 is 7.19. The minimum absolute atomic E-state index is 1.24. The Morgan fingerprint density at radius 3 is 2.64 bits per heavy atom. The van der Waals surface area contributed by atoms with Crippen molar-refractivity contribution < 1.29 is 0 Å². The highest BCUT2D eigenvalue weighted by molar-refractivity contribution is 9.11. The fraction of sp³-hybridized carbons (Fsp3) is 0.250. The van der Waals surface area contributed by atoms with E-state index in [1.807, 2.05) is 22.7 Å². The zero-order valence-corrected chi connectivity index (χ0v) is 9.49. The molecule has 0 fully saturated rings. The highest BCUT2D eigenvalue weighted by atomic mass is 79.9. The highest BCUT2D eigenvalue weighted by Gasteiger charge is 2.07. The number of halogens is 1. The maximum atomic E-state index is 3.49. The summed E-state index contributed by atoms with van der Waals surface area (Å²) < 4.78 is 4.10. The summed E-state index contributed by atoms with van der Waals surface area (Å²) in [5.74, 6) is 0. The van der Waals surface area contributed by atoms with Gasteiger partial charge >= 0.3 is 0 Å². The Morgan fingerprint density at radius 2 is 2.00 bits per heavy atom. The molecule has 2 heterocycles. The molecule has 2 aromatic heterocycles. The lowest BCUT2D eigenvalue weighted by molar-refractivity contribution is 1.48. The smallest absolute Gasteiger partial charge is 0.0719 e. The zero-order valence-electron chi connectivity index (χ0n) is 6.27. The number of thiophene rings is 2. The molecule has 11 heavy (non-hydrogen) atoms. The average molecular weight is 247 g/mol. The molecule has 0 aromatic carbocycles. The van der Waals surface area contributed by atoms with Gasteiger partial charge in [0.25, 0.3) is 0 Å². The van der Waals surface area contributed by atoms with E-state index in [4.69, 9.17) is 0 Å². The number of hydrogen-bond acceptors (Lipinski definition) is 2. The normalized spacial score (nSPS) is 11.2. The Bertz CT molecular complexity index is 397. The van der Waals surface area contributed by atoms with Gasteiger partial charge in [-0.3, -0.25) is 0 Å². The first-order valence-electron chi connectivity index (χ1n) is 3.33. The van der Waals surface area contributed by atoms with Gasteiger partial charge in [-0.05, 0) is 41.4 Å². The summed E-state index contributed by atoms with van der Waals surface area (Å²) in [6.45, 7) is 4.37. The molecule has 0 aliphatic rings. The molecule has 0 saturated heterocycles. The lowest BCUT2D eigenvalue weighted by Crippen LogP contribution is -1.64. The van der Waals surface area contributed by atoms with Gasteiger partial charge in [0.15, 0.2) is 0 Å². The Labute approximate surface area is 82.0 Å². The molecule has 0 unspecified atom stereocenters. The van der Waals surface area contributed by atoms with Crippen LogP contribution in [0, 0.1) is 13.8 Å². The van der Waals surface area contributed by atoms with Gasteiger partial charge in [-0.2, -0.15) is 0 Å². The van der Waals surface area contributed by atoms with E-state index in [0.717, 1.165) is 0 Å². The van der Waals surface area contributed by atoms with Gasteiger partial charge in [0.05, 0.1) is 3.79 Å². The summed E-state index contributed by atoms with van der Waals surface area (Å²) in [6.07, 6.45) is 0. The molecule has 0 amide bonds. The summed E-state index contributed by atoms with van der Waals surface area (Å²) in [6, 6.07) is 2.20. The maximum Gasteiger partial charge on any atom is 0.0719 e. The van der Waals surface area contributed by atoms with Gasteiger partial charge in [-0.1, -0.05) is 0 Å². The second-order valence-electron chi connectivity index (χ2n) is 2.53. The fourth-order valence-corrected chi connectivity index (χ4v) is 4.18. The third-order valence-corrected chi connectivity index (χ3v) is 4.84. The number of fused-ring (bicyclic) bond motifs is 1. The van der Waals surface area contributed by atoms with Crippen molar-refractivity contribution in [3.63, 3.8) is 0 Å². The Kier molecular flexibility index (Phi) is 1.82. The molecule has 0 aliphatic heterocycles. The molecule has 0 N–H and O–H groups in total. The molecule has 58 valence electrons. The molecule has 0 nitrogen and oxygen atoms in total.